The first-order chi connectivity index (χ1) is 37.2. The number of hydrogen-bond acceptors (Lipinski definition) is 1. The van der Waals surface area contributed by atoms with Crippen LogP contribution in [0.1, 0.15) is 63.4 Å². The highest BCUT2D eigenvalue weighted by Crippen LogP contribution is 2.50. The lowest BCUT2D eigenvalue weighted by Gasteiger charge is -2.22. The smallest absolute Gasteiger partial charge is 0.143 e. The minimum absolute atomic E-state index is 0.00512. The second-order valence-electron chi connectivity index (χ2n) is 12.6. The fraction of sp³-hybridized carbons (Fsp3) is 0.0588. The normalized spacial score (nSPS) is 20.9. The summed E-state index contributed by atoms with van der Waals surface area (Å²) in [6, 6.07) is -23.6. The first-order valence-electron chi connectivity index (χ1n) is 29.9. The molecule has 11 rings (SSSR count). The van der Waals surface area contributed by atoms with E-state index in [1.54, 1.807) is 0 Å². The molecule has 0 atom stereocenters. The van der Waals surface area contributed by atoms with Crippen molar-refractivity contribution in [3.8, 4) is 44.5 Å². The molecular weight excluding hydrogens is 629 g/mol. The maximum absolute atomic E-state index is 9.87. The highest BCUT2D eigenvalue weighted by molar-refractivity contribution is 6.22. The largest absolute Gasteiger partial charge is 0.455 e. The van der Waals surface area contributed by atoms with Gasteiger partial charge in [-0.05, 0) is 107 Å². The van der Waals surface area contributed by atoms with Gasteiger partial charge in [-0.2, -0.15) is 0 Å². The van der Waals surface area contributed by atoms with E-state index in [0.29, 0.717) is 0 Å². The van der Waals surface area contributed by atoms with Crippen molar-refractivity contribution < 1.29 is 42.8 Å². The van der Waals surface area contributed by atoms with E-state index in [4.69, 9.17) is 23.6 Å². The van der Waals surface area contributed by atoms with Gasteiger partial charge in [0.1, 0.15) is 11.2 Å². The highest BCUT2D eigenvalue weighted by atomic mass is 16.3. The standard InChI is InChI=1S/C51H34O/c1-51(2)45-18-10-9-13-37(45)38-26-24-34(30-46(38)51)31-19-21-33(22-20-31)48-39-14-5-7-16-41(39)49(42-17-8-6-15-40(42)48)35-25-28-47-44(29-35)43-27-23-32-11-3-4-12-36(32)50(43)52-47/h3-30H,1-2H3/i3D,4D,5D,6D,7D,8D,9D,10D,11D,12D,13D,14D,15D,16D,17D,18D,19D,20D,21D,22D,23D,24D,25D,26D,27D,28D,29D,30D. The molecule has 1 aliphatic carbocycles. The summed E-state index contributed by atoms with van der Waals surface area (Å²) >= 11 is 0. The quantitative estimate of drug-likeness (QED) is 0.168. The second kappa shape index (κ2) is 10.8. The molecule has 52 heavy (non-hydrogen) atoms. The van der Waals surface area contributed by atoms with Crippen molar-refractivity contribution in [1.29, 1.82) is 0 Å². The van der Waals surface area contributed by atoms with Gasteiger partial charge in [-0.3, -0.25) is 0 Å². The molecule has 0 bridgehead atoms. The van der Waals surface area contributed by atoms with Gasteiger partial charge in [0.05, 0.1) is 38.4 Å². The Morgan fingerprint density at radius 2 is 0.962 bits per heavy atom. The van der Waals surface area contributed by atoms with Gasteiger partial charge in [-0.25, -0.2) is 0 Å². The zero-order chi connectivity index (χ0) is 58.9. The second-order valence-corrected chi connectivity index (χ2v) is 12.6. The van der Waals surface area contributed by atoms with E-state index in [1.807, 2.05) is 0 Å². The summed E-state index contributed by atoms with van der Waals surface area (Å²) in [5.41, 5.74) is -7.35. The van der Waals surface area contributed by atoms with E-state index in [1.165, 1.54) is 13.8 Å². The van der Waals surface area contributed by atoms with Crippen molar-refractivity contribution in [3.05, 3.63) is 180 Å². The lowest BCUT2D eigenvalue weighted by atomic mass is 9.81. The molecule has 10 aromatic rings. The summed E-state index contributed by atoms with van der Waals surface area (Å²) in [5, 5.41) is -4.72. The van der Waals surface area contributed by atoms with Crippen LogP contribution in [0, 0.1) is 0 Å². The van der Waals surface area contributed by atoms with Gasteiger partial charge in [0, 0.05) is 21.6 Å². The zero-order valence-corrected chi connectivity index (χ0v) is 26.9. The minimum Gasteiger partial charge on any atom is -0.455 e. The molecule has 0 saturated carbocycles. The molecule has 0 amide bonds. The Hall–Kier alpha value is -6.44. The lowest BCUT2D eigenvalue weighted by molar-refractivity contribution is 0.660. The van der Waals surface area contributed by atoms with Crippen LogP contribution < -0.4 is 0 Å². The summed E-state index contributed by atoms with van der Waals surface area (Å²) in [5.74, 6) is 0. The molecule has 0 fully saturated rings. The van der Waals surface area contributed by atoms with Crippen molar-refractivity contribution >= 4 is 54.3 Å². The van der Waals surface area contributed by atoms with Gasteiger partial charge >= 0.3 is 0 Å². The number of hydrogen-bond donors (Lipinski definition) is 0. The van der Waals surface area contributed by atoms with E-state index in [2.05, 4.69) is 0 Å². The molecule has 1 heterocycles. The SMILES string of the molecule is [2H]c1c([2H])c([2H])c2c(c1[2H])-c1c([2H])c([2H])c(-c3c([2H])c([2H])c(-c4c5c([2H])c([2H])c([2H])c([2H])c5c(-c5c([2H])c([2H])c6oc7c8c([2H])c([2H])c([2H])c([2H])c8c([2H])c([2H])c7c6c5[2H])c5c([2H])c([2H])c([2H])c([2H])c45)c([2H])c3[2H])c([2H])c1C2(C)C. The Morgan fingerprint density at radius 1 is 0.404 bits per heavy atom. The van der Waals surface area contributed by atoms with Gasteiger partial charge < -0.3 is 4.42 Å². The average Bonchev–Trinajstić information content (AvgIpc) is 3.44. The fourth-order valence-electron chi connectivity index (χ4n) is 7.00. The topological polar surface area (TPSA) is 13.1 Å². The van der Waals surface area contributed by atoms with Gasteiger partial charge in [0.15, 0.2) is 0 Å². The summed E-state index contributed by atoms with van der Waals surface area (Å²) in [7, 11) is 0. The Morgan fingerprint density at radius 3 is 1.69 bits per heavy atom. The molecular formula is C51H34O. The monoisotopic (exact) mass is 690 g/mol. The van der Waals surface area contributed by atoms with Crippen molar-refractivity contribution in [3.63, 3.8) is 0 Å². The van der Waals surface area contributed by atoms with E-state index < -0.39 is 262 Å². The third-order valence-corrected chi connectivity index (χ3v) is 9.44. The third-order valence-electron chi connectivity index (χ3n) is 9.44. The first-order valence-corrected chi connectivity index (χ1v) is 15.9. The third kappa shape index (κ3) is 4.11. The summed E-state index contributed by atoms with van der Waals surface area (Å²) in [6.45, 7) is 3.04. The number of rotatable bonds is 3. The molecule has 1 nitrogen and oxygen atoms in total. The Balaban J connectivity index is 1.31. The molecule has 0 aliphatic heterocycles. The molecule has 0 radical (unpaired) electrons. The van der Waals surface area contributed by atoms with Crippen LogP contribution >= 0.6 is 0 Å². The van der Waals surface area contributed by atoms with Crippen molar-refractivity contribution in [1.82, 2.24) is 0 Å². The van der Waals surface area contributed by atoms with E-state index >= 15 is 0 Å². The van der Waals surface area contributed by atoms with Crippen LogP contribution in [0.25, 0.3) is 98.8 Å². The molecule has 244 valence electrons. The van der Waals surface area contributed by atoms with Crippen molar-refractivity contribution in [2.24, 2.45) is 0 Å². The van der Waals surface area contributed by atoms with Crippen LogP contribution in [-0.2, 0) is 5.41 Å². The highest BCUT2D eigenvalue weighted by Gasteiger charge is 2.35. The predicted octanol–water partition coefficient (Wildman–Crippen LogP) is 14.4. The fourth-order valence-corrected chi connectivity index (χ4v) is 7.00. The molecule has 0 spiro atoms. The van der Waals surface area contributed by atoms with Crippen LogP contribution in [0.15, 0.2) is 174 Å². The lowest BCUT2D eigenvalue weighted by Crippen LogP contribution is -2.14. The molecule has 1 aliphatic rings. The van der Waals surface area contributed by atoms with Crippen molar-refractivity contribution in [2.75, 3.05) is 0 Å². The Bertz CT molecular complexity index is 4600. The molecule has 9 aromatic carbocycles. The molecule has 0 unspecified atom stereocenters. The van der Waals surface area contributed by atoms with Gasteiger partial charge in [0.2, 0.25) is 0 Å². The predicted molar refractivity (Wildman–Crippen MR) is 220 cm³/mol. The average molecular weight is 691 g/mol. The van der Waals surface area contributed by atoms with E-state index in [0.717, 1.165) is 0 Å². The maximum atomic E-state index is 9.87. The number of fused-ring (bicyclic) bond motifs is 10. The van der Waals surface area contributed by atoms with Crippen LogP contribution in [0.2, 0.25) is 0 Å². The Labute approximate surface area is 341 Å². The van der Waals surface area contributed by atoms with Crippen LogP contribution in [0.4, 0.5) is 0 Å². The first kappa shape index (κ1) is 13.0. The van der Waals surface area contributed by atoms with Gasteiger partial charge in [-0.15, -0.1) is 0 Å². The Kier molecular flexibility index (Phi) is 2.69. The van der Waals surface area contributed by atoms with Crippen LogP contribution in [0.5, 0.6) is 0 Å². The van der Waals surface area contributed by atoms with Gasteiger partial charge in [-0.1, -0.05) is 159 Å². The summed E-state index contributed by atoms with van der Waals surface area (Å²) in [4.78, 5) is 0. The van der Waals surface area contributed by atoms with Crippen LogP contribution in [-0.4, -0.2) is 0 Å². The number of furan rings is 1. The minimum atomic E-state index is -1.48. The molecule has 1 heteroatoms. The summed E-state index contributed by atoms with van der Waals surface area (Å²) in [6.07, 6.45) is 0. The molecule has 0 N–H and O–H groups in total. The van der Waals surface area contributed by atoms with E-state index in [-0.39, 0.29) is 22.3 Å². The number of benzene rings is 9. The van der Waals surface area contributed by atoms with Crippen molar-refractivity contribution in [2.45, 2.75) is 19.3 Å². The molecule has 0 saturated heterocycles. The van der Waals surface area contributed by atoms with E-state index in [9.17, 15) is 19.2 Å². The maximum Gasteiger partial charge on any atom is 0.143 e. The van der Waals surface area contributed by atoms with Gasteiger partial charge in [0.25, 0.3) is 0 Å². The molecule has 1 aromatic heterocycles. The summed E-state index contributed by atoms with van der Waals surface area (Å²) < 4.78 is 261. The zero-order valence-electron chi connectivity index (χ0n) is 54.9. The van der Waals surface area contributed by atoms with Crippen LogP contribution in [0.3, 0.4) is 0 Å².